The highest BCUT2D eigenvalue weighted by Gasteiger charge is 2.40. The first-order chi connectivity index (χ1) is 8.23. The fourth-order valence-corrected chi connectivity index (χ4v) is 4.95. The van der Waals surface area contributed by atoms with Crippen LogP contribution >= 0.6 is 11.3 Å². The van der Waals surface area contributed by atoms with Crippen molar-refractivity contribution < 1.29 is 13.5 Å². The predicted molar refractivity (Wildman–Crippen MR) is 71.9 cm³/mol. The number of thiophene rings is 1. The van der Waals surface area contributed by atoms with Crippen LogP contribution in [0.2, 0.25) is 0 Å². The third kappa shape index (κ3) is 2.40. The van der Waals surface area contributed by atoms with Gasteiger partial charge in [0.25, 0.3) is 10.0 Å². The van der Waals surface area contributed by atoms with E-state index in [4.69, 9.17) is 5.73 Å². The Morgan fingerprint density at radius 3 is 2.72 bits per heavy atom. The van der Waals surface area contributed by atoms with E-state index in [0.717, 1.165) is 11.3 Å². The second-order valence-electron chi connectivity index (χ2n) is 5.33. The third-order valence-corrected chi connectivity index (χ3v) is 6.61. The SMILES string of the molecule is CC1(C)CN(S(=O)(=O)c2cc(N)cs2)CCC1O. The summed E-state index contributed by atoms with van der Waals surface area (Å²) in [6.07, 6.45) is 0.00458. The molecule has 2 rings (SSSR count). The van der Waals surface area contributed by atoms with Gasteiger partial charge in [-0.25, -0.2) is 8.42 Å². The molecule has 3 N–H and O–H groups in total. The molecule has 1 aromatic rings. The summed E-state index contributed by atoms with van der Waals surface area (Å²) in [5.74, 6) is 0. The molecule has 18 heavy (non-hydrogen) atoms. The highest BCUT2D eigenvalue weighted by Crippen LogP contribution is 2.34. The van der Waals surface area contributed by atoms with Crippen molar-refractivity contribution in [3.8, 4) is 0 Å². The number of aliphatic hydroxyl groups excluding tert-OH is 1. The molecule has 102 valence electrons. The summed E-state index contributed by atoms with van der Waals surface area (Å²) >= 11 is 1.13. The van der Waals surface area contributed by atoms with E-state index in [1.54, 1.807) is 5.38 Å². The van der Waals surface area contributed by atoms with Crippen LogP contribution in [0.25, 0.3) is 0 Å². The largest absolute Gasteiger partial charge is 0.398 e. The molecule has 1 atom stereocenters. The lowest BCUT2D eigenvalue weighted by molar-refractivity contribution is -0.000264. The molecule has 7 heteroatoms. The molecule has 2 heterocycles. The standard InChI is InChI=1S/C11H18N2O3S2/c1-11(2)7-13(4-3-9(11)14)18(15,16)10-5-8(12)6-17-10/h5-6,9,14H,3-4,7,12H2,1-2H3. The summed E-state index contributed by atoms with van der Waals surface area (Å²) in [6.45, 7) is 4.43. The first kappa shape index (κ1) is 13.8. The Labute approximate surface area is 111 Å². The molecule has 1 aliphatic heterocycles. The fourth-order valence-electron chi connectivity index (χ4n) is 2.09. The van der Waals surface area contributed by atoms with Crippen molar-refractivity contribution in [1.82, 2.24) is 4.31 Å². The lowest BCUT2D eigenvalue weighted by Gasteiger charge is -2.40. The van der Waals surface area contributed by atoms with Gasteiger partial charge in [-0.05, 0) is 12.5 Å². The minimum Gasteiger partial charge on any atom is -0.398 e. The average molecular weight is 290 g/mol. The molecule has 0 aliphatic carbocycles. The van der Waals surface area contributed by atoms with Crippen molar-refractivity contribution in [2.75, 3.05) is 18.8 Å². The van der Waals surface area contributed by atoms with Crippen molar-refractivity contribution in [2.24, 2.45) is 5.41 Å². The van der Waals surface area contributed by atoms with Crippen LogP contribution in [0.15, 0.2) is 15.7 Å². The molecule has 0 radical (unpaired) electrons. The lowest BCUT2D eigenvalue weighted by Crippen LogP contribution is -2.50. The zero-order chi connectivity index (χ0) is 13.6. The van der Waals surface area contributed by atoms with Crippen LogP contribution in [0.5, 0.6) is 0 Å². The molecular weight excluding hydrogens is 272 g/mol. The third-order valence-electron chi connectivity index (χ3n) is 3.33. The van der Waals surface area contributed by atoms with Crippen molar-refractivity contribution in [3.05, 3.63) is 11.4 Å². The smallest absolute Gasteiger partial charge is 0.252 e. The number of nitrogen functional groups attached to an aromatic ring is 1. The Hall–Kier alpha value is -0.630. The summed E-state index contributed by atoms with van der Waals surface area (Å²) in [7, 11) is -3.47. The predicted octanol–water partition coefficient (Wildman–Crippen LogP) is 1.11. The van der Waals surface area contributed by atoms with Gasteiger partial charge in [-0.15, -0.1) is 11.3 Å². The van der Waals surface area contributed by atoms with Crippen LogP contribution in [0.4, 0.5) is 5.69 Å². The Bertz CT molecular complexity index is 536. The van der Waals surface area contributed by atoms with Crippen LogP contribution in [-0.4, -0.2) is 37.0 Å². The van der Waals surface area contributed by atoms with Gasteiger partial charge in [-0.3, -0.25) is 0 Å². The van der Waals surface area contributed by atoms with Gasteiger partial charge < -0.3 is 10.8 Å². The topological polar surface area (TPSA) is 83.6 Å². The number of hydrogen-bond acceptors (Lipinski definition) is 5. The second-order valence-corrected chi connectivity index (χ2v) is 8.41. The Balaban J connectivity index is 2.27. The molecule has 1 aliphatic rings. The van der Waals surface area contributed by atoms with Crippen molar-refractivity contribution >= 4 is 27.0 Å². The number of piperidine rings is 1. The molecule has 1 unspecified atom stereocenters. The van der Waals surface area contributed by atoms with E-state index in [1.807, 2.05) is 13.8 Å². The maximum absolute atomic E-state index is 12.4. The monoisotopic (exact) mass is 290 g/mol. The van der Waals surface area contributed by atoms with Crippen LogP contribution in [-0.2, 0) is 10.0 Å². The van der Waals surface area contributed by atoms with Gasteiger partial charge in [0.1, 0.15) is 4.21 Å². The van der Waals surface area contributed by atoms with Crippen LogP contribution in [0.1, 0.15) is 20.3 Å². The molecule has 0 bridgehead atoms. The fraction of sp³-hybridized carbons (Fsp3) is 0.636. The molecule has 0 aromatic carbocycles. The van der Waals surface area contributed by atoms with E-state index in [0.29, 0.717) is 25.2 Å². The van der Waals surface area contributed by atoms with Gasteiger partial charge in [0, 0.05) is 29.6 Å². The zero-order valence-electron chi connectivity index (χ0n) is 10.5. The highest BCUT2D eigenvalue weighted by molar-refractivity contribution is 7.91. The summed E-state index contributed by atoms with van der Waals surface area (Å²) in [5.41, 5.74) is 5.61. The number of aliphatic hydroxyl groups is 1. The summed E-state index contributed by atoms with van der Waals surface area (Å²) in [4.78, 5) is 0. The van der Waals surface area contributed by atoms with Gasteiger partial charge in [0.2, 0.25) is 0 Å². The normalized spacial score (nSPS) is 25.2. The number of nitrogens with zero attached hydrogens (tertiary/aromatic N) is 1. The average Bonchev–Trinajstić information content (AvgIpc) is 2.69. The Kier molecular flexibility index (Phi) is 3.44. The molecule has 0 saturated carbocycles. The molecule has 1 fully saturated rings. The van der Waals surface area contributed by atoms with E-state index in [9.17, 15) is 13.5 Å². The summed E-state index contributed by atoms with van der Waals surface area (Å²) < 4.78 is 26.5. The van der Waals surface area contributed by atoms with Crippen molar-refractivity contribution in [1.29, 1.82) is 0 Å². The van der Waals surface area contributed by atoms with Crippen molar-refractivity contribution in [2.45, 2.75) is 30.6 Å². The van der Waals surface area contributed by atoms with E-state index < -0.39 is 21.5 Å². The molecule has 1 aromatic heterocycles. The number of hydrogen-bond donors (Lipinski definition) is 2. The van der Waals surface area contributed by atoms with Crippen LogP contribution in [0.3, 0.4) is 0 Å². The Morgan fingerprint density at radius 2 is 2.22 bits per heavy atom. The lowest BCUT2D eigenvalue weighted by atomic mass is 9.82. The van der Waals surface area contributed by atoms with Gasteiger partial charge in [-0.2, -0.15) is 4.31 Å². The molecule has 0 spiro atoms. The molecule has 1 saturated heterocycles. The summed E-state index contributed by atoms with van der Waals surface area (Å²) in [6, 6.07) is 1.48. The Morgan fingerprint density at radius 1 is 1.56 bits per heavy atom. The minimum atomic E-state index is -3.47. The van der Waals surface area contributed by atoms with E-state index >= 15 is 0 Å². The number of rotatable bonds is 2. The van der Waals surface area contributed by atoms with Gasteiger partial charge in [0.15, 0.2) is 0 Å². The molecular formula is C11H18N2O3S2. The quantitative estimate of drug-likeness (QED) is 0.854. The first-order valence-electron chi connectivity index (χ1n) is 5.76. The first-order valence-corrected chi connectivity index (χ1v) is 8.08. The van der Waals surface area contributed by atoms with E-state index in [2.05, 4.69) is 0 Å². The zero-order valence-corrected chi connectivity index (χ0v) is 12.1. The van der Waals surface area contributed by atoms with E-state index in [-0.39, 0.29) is 4.21 Å². The summed E-state index contributed by atoms with van der Waals surface area (Å²) in [5, 5.41) is 11.5. The van der Waals surface area contributed by atoms with Crippen LogP contribution < -0.4 is 5.73 Å². The number of sulfonamides is 1. The maximum Gasteiger partial charge on any atom is 0.252 e. The second kappa shape index (κ2) is 4.48. The van der Waals surface area contributed by atoms with E-state index in [1.165, 1.54) is 10.4 Å². The van der Waals surface area contributed by atoms with Gasteiger partial charge in [0.05, 0.1) is 6.10 Å². The highest BCUT2D eigenvalue weighted by atomic mass is 32.2. The van der Waals surface area contributed by atoms with Crippen LogP contribution in [0, 0.1) is 5.41 Å². The molecule has 0 amide bonds. The maximum atomic E-state index is 12.4. The minimum absolute atomic E-state index is 0.271. The number of nitrogens with two attached hydrogens (primary N) is 1. The molecule has 5 nitrogen and oxygen atoms in total. The van der Waals surface area contributed by atoms with Gasteiger partial charge >= 0.3 is 0 Å². The van der Waals surface area contributed by atoms with Crippen molar-refractivity contribution in [3.63, 3.8) is 0 Å². The van der Waals surface area contributed by atoms with Gasteiger partial charge in [-0.1, -0.05) is 13.8 Å². The number of anilines is 1.